The van der Waals surface area contributed by atoms with Crippen molar-refractivity contribution in [2.24, 2.45) is 0 Å². The van der Waals surface area contributed by atoms with E-state index in [1.165, 1.54) is 5.69 Å². The van der Waals surface area contributed by atoms with Gasteiger partial charge in [0.1, 0.15) is 0 Å². The van der Waals surface area contributed by atoms with E-state index in [-0.39, 0.29) is 0 Å². The quantitative estimate of drug-likeness (QED) is 0.607. The molecule has 146 valence electrons. The molecule has 0 aliphatic rings. The number of rotatable bonds is 8. The maximum absolute atomic E-state index is 4.49. The molecule has 0 atom stereocenters. The third-order valence-electron chi connectivity index (χ3n) is 4.47. The Kier molecular flexibility index (Phi) is 6.26. The summed E-state index contributed by atoms with van der Waals surface area (Å²) in [6.45, 7) is 6.28. The topological polar surface area (TPSA) is 69.2 Å². The number of nitrogens with zero attached hydrogens (tertiary/aromatic N) is 5. The monoisotopic (exact) mass is 377 g/mol. The lowest BCUT2D eigenvalue weighted by Gasteiger charge is -2.21. The molecule has 3 rings (SSSR count). The molecule has 0 bridgehead atoms. The number of nitrogens with one attached hydrogen (secondary N) is 2. The zero-order valence-corrected chi connectivity index (χ0v) is 16.8. The van der Waals surface area contributed by atoms with Crippen molar-refractivity contribution in [3.05, 3.63) is 54.7 Å². The van der Waals surface area contributed by atoms with Gasteiger partial charge in [-0.25, -0.2) is 0 Å². The maximum Gasteiger partial charge on any atom is 0.249 e. The largest absolute Gasteiger partial charge is 0.378 e. The van der Waals surface area contributed by atoms with E-state index in [1.54, 1.807) is 6.20 Å². The molecule has 2 N–H and O–H groups in total. The van der Waals surface area contributed by atoms with Gasteiger partial charge in [0.05, 0.1) is 6.20 Å². The molecule has 0 radical (unpaired) electrons. The summed E-state index contributed by atoms with van der Waals surface area (Å²) in [4.78, 5) is 8.85. The van der Waals surface area contributed by atoms with Crippen LogP contribution in [0, 0.1) is 0 Å². The summed E-state index contributed by atoms with van der Waals surface area (Å²) >= 11 is 0. The number of anilines is 6. The van der Waals surface area contributed by atoms with Crippen molar-refractivity contribution < 1.29 is 0 Å². The molecule has 0 unspecified atom stereocenters. The normalized spacial score (nSPS) is 10.4. The van der Waals surface area contributed by atoms with Crippen molar-refractivity contribution in [2.45, 2.75) is 13.8 Å². The van der Waals surface area contributed by atoms with Gasteiger partial charge >= 0.3 is 0 Å². The first-order valence-electron chi connectivity index (χ1n) is 9.45. The minimum Gasteiger partial charge on any atom is -0.378 e. The fourth-order valence-corrected chi connectivity index (χ4v) is 2.88. The molecule has 3 aromatic rings. The Labute approximate surface area is 166 Å². The molecule has 0 saturated heterocycles. The SMILES string of the molecule is CCN(CC)c1ccc(Nc2nncc(Nc3ccc(N(C)C)cc3)n2)cc1. The van der Waals surface area contributed by atoms with Crippen LogP contribution in [-0.4, -0.2) is 42.4 Å². The van der Waals surface area contributed by atoms with Crippen molar-refractivity contribution in [3.63, 3.8) is 0 Å². The first-order chi connectivity index (χ1) is 13.6. The zero-order chi connectivity index (χ0) is 19.9. The lowest BCUT2D eigenvalue weighted by atomic mass is 10.2. The minimum absolute atomic E-state index is 0.450. The molecule has 0 amide bonds. The summed E-state index contributed by atoms with van der Waals surface area (Å²) in [5, 5.41) is 14.6. The Bertz CT molecular complexity index is 872. The van der Waals surface area contributed by atoms with Crippen LogP contribution in [-0.2, 0) is 0 Å². The van der Waals surface area contributed by atoms with Crippen molar-refractivity contribution in [2.75, 3.05) is 47.6 Å². The van der Waals surface area contributed by atoms with Crippen molar-refractivity contribution in [1.29, 1.82) is 0 Å². The Morgan fingerprint density at radius 3 is 1.93 bits per heavy atom. The van der Waals surface area contributed by atoms with E-state index in [1.807, 2.05) is 50.5 Å². The predicted octanol–water partition coefficient (Wildman–Crippen LogP) is 4.27. The molecule has 1 heterocycles. The second-order valence-corrected chi connectivity index (χ2v) is 6.58. The highest BCUT2D eigenvalue weighted by Crippen LogP contribution is 2.21. The van der Waals surface area contributed by atoms with E-state index in [2.05, 4.69) is 61.6 Å². The summed E-state index contributed by atoms with van der Waals surface area (Å²) in [5.74, 6) is 1.08. The average molecular weight is 377 g/mol. The Hall–Kier alpha value is -3.35. The highest BCUT2D eigenvalue weighted by Gasteiger charge is 2.05. The highest BCUT2D eigenvalue weighted by atomic mass is 15.3. The standard InChI is InChI=1S/C21H27N7/c1-5-28(6-2)19-13-9-17(10-14-19)24-21-25-20(15-22-26-21)23-16-7-11-18(12-8-16)27(3)4/h7-15H,5-6H2,1-4H3,(H2,23,24,25,26). The Morgan fingerprint density at radius 1 is 0.786 bits per heavy atom. The molecular formula is C21H27N7. The fourth-order valence-electron chi connectivity index (χ4n) is 2.88. The van der Waals surface area contributed by atoms with Gasteiger partial charge in [-0.05, 0) is 62.4 Å². The van der Waals surface area contributed by atoms with Crippen LogP contribution in [0.15, 0.2) is 54.7 Å². The molecule has 1 aromatic heterocycles. The third-order valence-corrected chi connectivity index (χ3v) is 4.47. The summed E-state index contributed by atoms with van der Waals surface area (Å²) in [7, 11) is 4.03. The van der Waals surface area contributed by atoms with Gasteiger partial charge in [0.15, 0.2) is 5.82 Å². The first kappa shape index (κ1) is 19.4. The van der Waals surface area contributed by atoms with Crippen LogP contribution in [0.2, 0.25) is 0 Å². The van der Waals surface area contributed by atoms with Crippen molar-refractivity contribution in [1.82, 2.24) is 15.2 Å². The first-order valence-corrected chi connectivity index (χ1v) is 9.45. The number of hydrogen-bond acceptors (Lipinski definition) is 7. The molecule has 0 aliphatic carbocycles. The summed E-state index contributed by atoms with van der Waals surface area (Å²) in [5.41, 5.74) is 4.21. The van der Waals surface area contributed by atoms with Crippen LogP contribution in [0.1, 0.15) is 13.8 Å². The highest BCUT2D eigenvalue weighted by molar-refractivity contribution is 5.62. The molecule has 2 aromatic carbocycles. The minimum atomic E-state index is 0.450. The van der Waals surface area contributed by atoms with Gasteiger partial charge in [0.25, 0.3) is 0 Å². The molecule has 0 spiro atoms. The average Bonchev–Trinajstić information content (AvgIpc) is 2.71. The Morgan fingerprint density at radius 2 is 1.36 bits per heavy atom. The van der Waals surface area contributed by atoms with Gasteiger partial charge in [-0.1, -0.05) is 0 Å². The zero-order valence-electron chi connectivity index (χ0n) is 16.8. The van der Waals surface area contributed by atoms with E-state index in [0.29, 0.717) is 11.8 Å². The van der Waals surface area contributed by atoms with E-state index in [9.17, 15) is 0 Å². The van der Waals surface area contributed by atoms with Crippen LogP contribution in [0.25, 0.3) is 0 Å². The summed E-state index contributed by atoms with van der Waals surface area (Å²) < 4.78 is 0. The smallest absolute Gasteiger partial charge is 0.249 e. The van der Waals surface area contributed by atoms with Gasteiger partial charge in [-0.3, -0.25) is 0 Å². The van der Waals surface area contributed by atoms with Crippen molar-refractivity contribution in [3.8, 4) is 0 Å². The summed E-state index contributed by atoms with van der Waals surface area (Å²) in [6, 6.07) is 16.4. The molecule has 0 fully saturated rings. The lowest BCUT2D eigenvalue weighted by molar-refractivity contribution is 0.866. The van der Waals surface area contributed by atoms with E-state index < -0.39 is 0 Å². The molecular weight excluding hydrogens is 350 g/mol. The summed E-state index contributed by atoms with van der Waals surface area (Å²) in [6.07, 6.45) is 1.61. The van der Waals surface area contributed by atoms with Crippen LogP contribution < -0.4 is 20.4 Å². The molecule has 28 heavy (non-hydrogen) atoms. The van der Waals surface area contributed by atoms with Gasteiger partial charge < -0.3 is 20.4 Å². The molecule has 0 aliphatic heterocycles. The molecule has 7 heteroatoms. The van der Waals surface area contributed by atoms with Crippen LogP contribution >= 0.6 is 0 Å². The van der Waals surface area contributed by atoms with Crippen molar-refractivity contribution >= 4 is 34.5 Å². The maximum atomic E-state index is 4.49. The van der Waals surface area contributed by atoms with E-state index in [0.717, 1.165) is 30.2 Å². The van der Waals surface area contributed by atoms with Gasteiger partial charge in [-0.15, -0.1) is 5.10 Å². The van der Waals surface area contributed by atoms with Gasteiger partial charge in [0.2, 0.25) is 5.95 Å². The van der Waals surface area contributed by atoms with E-state index >= 15 is 0 Å². The van der Waals surface area contributed by atoms with E-state index in [4.69, 9.17) is 0 Å². The molecule has 7 nitrogen and oxygen atoms in total. The Balaban J connectivity index is 1.67. The number of aromatic nitrogens is 3. The van der Waals surface area contributed by atoms with Gasteiger partial charge in [-0.2, -0.15) is 10.1 Å². The number of hydrogen-bond donors (Lipinski definition) is 2. The van der Waals surface area contributed by atoms with Crippen LogP contribution in [0.5, 0.6) is 0 Å². The second kappa shape index (κ2) is 9.03. The third kappa shape index (κ3) is 4.88. The molecule has 0 saturated carbocycles. The van der Waals surface area contributed by atoms with Gasteiger partial charge in [0, 0.05) is 49.9 Å². The second-order valence-electron chi connectivity index (χ2n) is 6.58. The number of benzene rings is 2. The fraction of sp³-hybridized carbons (Fsp3) is 0.286. The van der Waals surface area contributed by atoms with Crippen LogP contribution in [0.4, 0.5) is 34.5 Å². The van der Waals surface area contributed by atoms with Crippen LogP contribution in [0.3, 0.4) is 0 Å². The predicted molar refractivity (Wildman–Crippen MR) is 117 cm³/mol. The lowest BCUT2D eigenvalue weighted by Crippen LogP contribution is -2.21.